The fourth-order valence-electron chi connectivity index (χ4n) is 2.18. The molecule has 3 N–H and O–H groups in total. The van der Waals surface area contributed by atoms with Crippen molar-refractivity contribution in [3.8, 4) is 0 Å². The highest BCUT2D eigenvalue weighted by Crippen LogP contribution is 2.35. The Kier molecular flexibility index (Phi) is 5.17. The van der Waals surface area contributed by atoms with Crippen molar-refractivity contribution in [1.82, 2.24) is 9.44 Å². The molecule has 0 saturated heterocycles. The highest BCUT2D eigenvalue weighted by Gasteiger charge is 2.32. The van der Waals surface area contributed by atoms with E-state index in [4.69, 9.17) is 0 Å². The zero-order valence-electron chi connectivity index (χ0n) is 9.83. The molecule has 96 valence electrons. The van der Waals surface area contributed by atoms with E-state index in [9.17, 15) is 13.5 Å². The molecular weight excluding hydrogens is 228 g/mol. The lowest BCUT2D eigenvalue weighted by Crippen LogP contribution is -2.45. The van der Waals surface area contributed by atoms with E-state index in [0.717, 1.165) is 25.7 Å². The molecule has 0 aromatic rings. The fourth-order valence-corrected chi connectivity index (χ4v) is 3.16. The SMILES string of the molecule is CCNS(=O)(=O)NCC1(CO)CCCCC1. The van der Waals surface area contributed by atoms with Crippen molar-refractivity contribution in [1.29, 1.82) is 0 Å². The predicted molar refractivity (Wildman–Crippen MR) is 63.2 cm³/mol. The summed E-state index contributed by atoms with van der Waals surface area (Å²) in [5, 5.41) is 9.41. The first kappa shape index (κ1) is 13.9. The third-order valence-electron chi connectivity index (χ3n) is 3.22. The standard InChI is InChI=1S/C10H22N2O3S/c1-2-11-16(14,15)12-8-10(9-13)6-4-3-5-7-10/h11-13H,2-9H2,1H3. The van der Waals surface area contributed by atoms with Crippen LogP contribution in [-0.2, 0) is 10.2 Å². The first-order valence-electron chi connectivity index (χ1n) is 5.89. The smallest absolute Gasteiger partial charge is 0.276 e. The van der Waals surface area contributed by atoms with Crippen LogP contribution in [0.25, 0.3) is 0 Å². The Morgan fingerprint density at radius 1 is 1.19 bits per heavy atom. The summed E-state index contributed by atoms with van der Waals surface area (Å²) >= 11 is 0. The Balaban J connectivity index is 2.50. The Hall–Kier alpha value is -0.170. The number of hydrogen-bond acceptors (Lipinski definition) is 3. The maximum Gasteiger partial charge on any atom is 0.276 e. The van der Waals surface area contributed by atoms with Crippen LogP contribution in [-0.4, -0.2) is 33.2 Å². The molecular formula is C10H22N2O3S. The lowest BCUT2D eigenvalue weighted by molar-refractivity contribution is 0.0867. The van der Waals surface area contributed by atoms with Gasteiger partial charge in [-0.05, 0) is 12.8 Å². The van der Waals surface area contributed by atoms with Crippen molar-refractivity contribution in [2.45, 2.75) is 39.0 Å². The highest BCUT2D eigenvalue weighted by atomic mass is 32.2. The fraction of sp³-hybridized carbons (Fsp3) is 1.00. The van der Waals surface area contributed by atoms with E-state index in [1.165, 1.54) is 6.42 Å². The Morgan fingerprint density at radius 2 is 1.81 bits per heavy atom. The predicted octanol–water partition coefficient (Wildman–Crippen LogP) is 0.373. The van der Waals surface area contributed by atoms with Gasteiger partial charge < -0.3 is 5.11 Å². The van der Waals surface area contributed by atoms with Gasteiger partial charge in [0.05, 0.1) is 0 Å². The largest absolute Gasteiger partial charge is 0.396 e. The summed E-state index contributed by atoms with van der Waals surface area (Å²) < 4.78 is 27.8. The van der Waals surface area contributed by atoms with Gasteiger partial charge in [-0.3, -0.25) is 0 Å². The normalized spacial score (nSPS) is 20.9. The van der Waals surface area contributed by atoms with Crippen LogP contribution in [0.15, 0.2) is 0 Å². The van der Waals surface area contributed by atoms with E-state index in [-0.39, 0.29) is 12.0 Å². The van der Waals surface area contributed by atoms with E-state index in [0.29, 0.717) is 13.1 Å². The second-order valence-electron chi connectivity index (χ2n) is 4.54. The molecule has 0 aromatic heterocycles. The molecule has 0 heterocycles. The molecule has 0 aliphatic heterocycles. The number of aliphatic hydroxyl groups excluding tert-OH is 1. The average Bonchev–Trinajstić information content (AvgIpc) is 2.28. The van der Waals surface area contributed by atoms with Gasteiger partial charge in [0.1, 0.15) is 0 Å². The molecule has 0 bridgehead atoms. The minimum Gasteiger partial charge on any atom is -0.396 e. The molecule has 0 spiro atoms. The zero-order valence-corrected chi connectivity index (χ0v) is 10.6. The maximum atomic E-state index is 11.4. The summed E-state index contributed by atoms with van der Waals surface area (Å²) in [5.41, 5.74) is -0.249. The van der Waals surface area contributed by atoms with E-state index in [2.05, 4.69) is 9.44 Å². The van der Waals surface area contributed by atoms with Crippen molar-refractivity contribution in [2.75, 3.05) is 19.7 Å². The molecule has 0 amide bonds. The molecule has 0 unspecified atom stereocenters. The molecule has 6 heteroatoms. The van der Waals surface area contributed by atoms with Gasteiger partial charge in [0.25, 0.3) is 10.2 Å². The Labute approximate surface area is 97.8 Å². The van der Waals surface area contributed by atoms with Crippen LogP contribution in [0.5, 0.6) is 0 Å². The van der Waals surface area contributed by atoms with Gasteiger partial charge in [-0.2, -0.15) is 8.42 Å². The average molecular weight is 250 g/mol. The van der Waals surface area contributed by atoms with Crippen LogP contribution in [0.2, 0.25) is 0 Å². The van der Waals surface area contributed by atoms with Gasteiger partial charge in [-0.15, -0.1) is 0 Å². The summed E-state index contributed by atoms with van der Waals surface area (Å²) in [4.78, 5) is 0. The van der Waals surface area contributed by atoms with Crippen LogP contribution in [0.1, 0.15) is 39.0 Å². The molecule has 1 aliphatic carbocycles. The van der Waals surface area contributed by atoms with Crippen molar-refractivity contribution in [3.05, 3.63) is 0 Å². The van der Waals surface area contributed by atoms with E-state index in [1.54, 1.807) is 6.92 Å². The minimum absolute atomic E-state index is 0.0572. The van der Waals surface area contributed by atoms with Gasteiger partial charge in [0, 0.05) is 25.1 Å². The summed E-state index contributed by atoms with van der Waals surface area (Å²) in [6, 6.07) is 0. The summed E-state index contributed by atoms with van der Waals surface area (Å²) in [6.07, 6.45) is 5.13. The monoisotopic (exact) mass is 250 g/mol. The molecule has 0 atom stereocenters. The van der Waals surface area contributed by atoms with Crippen LogP contribution in [0.3, 0.4) is 0 Å². The van der Waals surface area contributed by atoms with Gasteiger partial charge in [-0.25, -0.2) is 9.44 Å². The van der Waals surface area contributed by atoms with Crippen molar-refractivity contribution in [2.24, 2.45) is 5.41 Å². The molecule has 1 aliphatic rings. The van der Waals surface area contributed by atoms with Gasteiger partial charge in [0.15, 0.2) is 0 Å². The number of nitrogens with one attached hydrogen (secondary N) is 2. The quantitative estimate of drug-likeness (QED) is 0.637. The molecule has 0 aromatic carbocycles. The summed E-state index contributed by atoms with van der Waals surface area (Å²) in [5.74, 6) is 0. The summed E-state index contributed by atoms with van der Waals surface area (Å²) in [7, 11) is -3.39. The third kappa shape index (κ3) is 4.01. The topological polar surface area (TPSA) is 78.4 Å². The Morgan fingerprint density at radius 3 is 2.31 bits per heavy atom. The Bertz CT molecular complexity index is 297. The van der Waals surface area contributed by atoms with E-state index >= 15 is 0 Å². The first-order chi connectivity index (χ1) is 7.54. The molecule has 1 saturated carbocycles. The molecule has 1 rings (SSSR count). The van der Waals surface area contributed by atoms with Crippen LogP contribution in [0, 0.1) is 5.41 Å². The minimum atomic E-state index is -3.39. The number of aliphatic hydroxyl groups is 1. The number of hydrogen-bond donors (Lipinski definition) is 3. The van der Waals surface area contributed by atoms with Crippen LogP contribution < -0.4 is 9.44 Å². The molecule has 0 radical (unpaired) electrons. The van der Waals surface area contributed by atoms with E-state index < -0.39 is 10.2 Å². The first-order valence-corrected chi connectivity index (χ1v) is 7.37. The molecule has 16 heavy (non-hydrogen) atoms. The van der Waals surface area contributed by atoms with Crippen LogP contribution in [0.4, 0.5) is 0 Å². The highest BCUT2D eigenvalue weighted by molar-refractivity contribution is 7.87. The van der Waals surface area contributed by atoms with Gasteiger partial charge in [-0.1, -0.05) is 26.2 Å². The van der Waals surface area contributed by atoms with Crippen molar-refractivity contribution < 1.29 is 13.5 Å². The van der Waals surface area contributed by atoms with E-state index in [1.807, 2.05) is 0 Å². The molecule has 5 nitrogen and oxygen atoms in total. The van der Waals surface area contributed by atoms with Crippen molar-refractivity contribution in [3.63, 3.8) is 0 Å². The third-order valence-corrected chi connectivity index (χ3v) is 4.41. The van der Waals surface area contributed by atoms with Gasteiger partial charge in [0.2, 0.25) is 0 Å². The van der Waals surface area contributed by atoms with Crippen molar-refractivity contribution >= 4 is 10.2 Å². The number of rotatable bonds is 6. The maximum absolute atomic E-state index is 11.4. The lowest BCUT2D eigenvalue weighted by Gasteiger charge is -2.35. The lowest BCUT2D eigenvalue weighted by atomic mass is 9.75. The zero-order chi connectivity index (χ0) is 12.1. The second kappa shape index (κ2) is 5.95. The summed E-state index contributed by atoms with van der Waals surface area (Å²) in [6.45, 7) is 2.50. The van der Waals surface area contributed by atoms with Gasteiger partial charge >= 0.3 is 0 Å². The molecule has 1 fully saturated rings. The second-order valence-corrected chi connectivity index (χ2v) is 6.13. The van der Waals surface area contributed by atoms with Crippen LogP contribution >= 0.6 is 0 Å².